The van der Waals surface area contributed by atoms with E-state index in [2.05, 4.69) is 35.3 Å². The van der Waals surface area contributed by atoms with Gasteiger partial charge in [0.2, 0.25) is 0 Å². The van der Waals surface area contributed by atoms with Crippen LogP contribution < -0.4 is 10.1 Å². The number of ether oxygens (including phenoxy) is 1. The summed E-state index contributed by atoms with van der Waals surface area (Å²) in [6.07, 6.45) is 4.31. The maximum absolute atomic E-state index is 11.6. The lowest BCUT2D eigenvalue weighted by atomic mass is 9.65. The standard InChI is InChI=1S/C20H24N2O2/c1-3-10-9-22-13-7-11(10)16-14(22)8-20(19(16)23)12-5-4-6-15(24-2)17(12)21-18(13)20/h3-6,11,13-14,16,18-19,21,23H,7-9H2,1-2H3/b10-3-/t11-,13-,14-,16-,18-,19+,20+/m0/s1. The van der Waals surface area contributed by atoms with Crippen molar-refractivity contribution in [2.45, 2.75) is 49.4 Å². The predicted molar refractivity (Wildman–Crippen MR) is 92.3 cm³/mol. The summed E-state index contributed by atoms with van der Waals surface area (Å²) >= 11 is 0. The molecule has 0 amide bonds. The normalized spacial score (nSPS) is 50.8. The lowest BCUT2D eigenvalue weighted by Crippen LogP contribution is -2.66. The maximum atomic E-state index is 11.6. The van der Waals surface area contributed by atoms with Crippen LogP contribution in [0.15, 0.2) is 29.8 Å². The lowest BCUT2D eigenvalue weighted by Gasteiger charge is -2.57. The van der Waals surface area contributed by atoms with Crippen LogP contribution in [0.1, 0.15) is 25.3 Å². The highest BCUT2D eigenvalue weighted by Crippen LogP contribution is 2.67. The van der Waals surface area contributed by atoms with Crippen LogP contribution in [0.5, 0.6) is 5.75 Å². The summed E-state index contributed by atoms with van der Waals surface area (Å²) in [5.74, 6) is 1.88. The molecule has 1 spiro atoms. The fourth-order valence-electron chi connectivity index (χ4n) is 7.09. The van der Waals surface area contributed by atoms with E-state index >= 15 is 0 Å². The number of rotatable bonds is 1. The van der Waals surface area contributed by atoms with Crippen molar-refractivity contribution in [3.63, 3.8) is 0 Å². The van der Waals surface area contributed by atoms with Gasteiger partial charge >= 0.3 is 0 Å². The second-order valence-electron chi connectivity index (χ2n) is 8.28. The fourth-order valence-corrected chi connectivity index (χ4v) is 7.09. The van der Waals surface area contributed by atoms with Crippen molar-refractivity contribution < 1.29 is 9.84 Å². The summed E-state index contributed by atoms with van der Waals surface area (Å²) in [7, 11) is 1.74. The molecule has 8 atom stereocenters. The SMILES string of the molecule is C/C=C1/CN2[C@H]3C[C@@]45c6cccc(OC)c6N[C@H]4[C@@H]2C[C@@H]1[C@@H]3[C@H]5O. The molecule has 0 radical (unpaired) electrons. The lowest BCUT2D eigenvalue weighted by molar-refractivity contribution is -0.0318. The molecule has 0 aromatic heterocycles. The summed E-state index contributed by atoms with van der Waals surface area (Å²) in [5.41, 5.74) is 3.84. The van der Waals surface area contributed by atoms with E-state index in [-0.39, 0.29) is 11.5 Å². The summed E-state index contributed by atoms with van der Waals surface area (Å²) in [5, 5.41) is 15.4. The Hall–Kier alpha value is -1.52. The molecule has 1 aliphatic carbocycles. The van der Waals surface area contributed by atoms with Crippen LogP contribution in [0.2, 0.25) is 0 Å². The average Bonchev–Trinajstić information content (AvgIpc) is 3.08. The molecule has 24 heavy (non-hydrogen) atoms. The van der Waals surface area contributed by atoms with Gasteiger partial charge in [0.25, 0.3) is 0 Å². The Morgan fingerprint density at radius 1 is 1.38 bits per heavy atom. The molecular weight excluding hydrogens is 300 g/mol. The smallest absolute Gasteiger partial charge is 0.142 e. The van der Waals surface area contributed by atoms with Gasteiger partial charge in [-0.15, -0.1) is 0 Å². The van der Waals surface area contributed by atoms with E-state index in [1.54, 1.807) is 12.7 Å². The highest BCUT2D eigenvalue weighted by Gasteiger charge is 2.73. The largest absolute Gasteiger partial charge is 0.495 e. The summed E-state index contributed by atoms with van der Waals surface area (Å²) in [6, 6.07) is 7.71. The van der Waals surface area contributed by atoms with Crippen LogP contribution >= 0.6 is 0 Å². The third kappa shape index (κ3) is 1.23. The average molecular weight is 324 g/mol. The minimum absolute atomic E-state index is 0.127. The number of methoxy groups -OCH3 is 1. The second-order valence-corrected chi connectivity index (χ2v) is 8.28. The Bertz CT molecular complexity index is 775. The fraction of sp³-hybridized carbons (Fsp3) is 0.600. The monoisotopic (exact) mass is 324 g/mol. The highest BCUT2D eigenvalue weighted by molar-refractivity contribution is 5.72. The first-order chi connectivity index (χ1) is 11.7. The van der Waals surface area contributed by atoms with Gasteiger partial charge in [0.1, 0.15) is 5.75 Å². The number of para-hydroxylation sites is 1. The molecule has 126 valence electrons. The quantitative estimate of drug-likeness (QED) is 0.777. The number of piperidine rings is 4. The van der Waals surface area contributed by atoms with E-state index in [1.807, 2.05) is 6.07 Å². The molecule has 6 aliphatic rings. The van der Waals surface area contributed by atoms with Crippen molar-refractivity contribution in [2.24, 2.45) is 11.8 Å². The third-order valence-electron chi connectivity index (χ3n) is 7.89. The minimum atomic E-state index is -0.261. The number of aliphatic hydroxyl groups is 1. The molecular formula is C20H24N2O2. The number of nitrogens with zero attached hydrogens (tertiary/aromatic N) is 1. The molecule has 4 nitrogen and oxygen atoms in total. The van der Waals surface area contributed by atoms with E-state index in [1.165, 1.54) is 12.0 Å². The van der Waals surface area contributed by atoms with Gasteiger partial charge in [0, 0.05) is 30.0 Å². The van der Waals surface area contributed by atoms with E-state index in [9.17, 15) is 5.11 Å². The molecule has 7 rings (SSSR count). The topological polar surface area (TPSA) is 44.7 Å². The van der Waals surface area contributed by atoms with Gasteiger partial charge in [-0.1, -0.05) is 23.8 Å². The number of hydrogen-bond acceptors (Lipinski definition) is 4. The summed E-state index contributed by atoms with van der Waals surface area (Å²) < 4.78 is 5.61. The molecule has 1 saturated carbocycles. The Labute approximate surface area is 142 Å². The van der Waals surface area contributed by atoms with Crippen molar-refractivity contribution in [1.82, 2.24) is 4.90 Å². The van der Waals surface area contributed by atoms with E-state index in [4.69, 9.17) is 4.74 Å². The van der Waals surface area contributed by atoms with E-state index < -0.39 is 0 Å². The zero-order valence-corrected chi connectivity index (χ0v) is 14.2. The third-order valence-corrected chi connectivity index (χ3v) is 7.89. The molecule has 2 N–H and O–H groups in total. The number of benzene rings is 1. The van der Waals surface area contributed by atoms with Gasteiger partial charge in [0.05, 0.1) is 24.9 Å². The summed E-state index contributed by atoms with van der Waals surface area (Å²) in [6.45, 7) is 3.26. The number of nitrogens with one attached hydrogen (secondary N) is 1. The Kier molecular flexibility index (Phi) is 2.39. The molecule has 4 heteroatoms. The van der Waals surface area contributed by atoms with Crippen LogP contribution in [0, 0.1) is 11.8 Å². The van der Waals surface area contributed by atoms with Crippen molar-refractivity contribution in [3.05, 3.63) is 35.4 Å². The highest BCUT2D eigenvalue weighted by atomic mass is 16.5. The van der Waals surface area contributed by atoms with Crippen molar-refractivity contribution in [3.8, 4) is 5.75 Å². The molecule has 5 heterocycles. The zero-order valence-electron chi connectivity index (χ0n) is 14.2. The van der Waals surface area contributed by atoms with Crippen LogP contribution in [0.4, 0.5) is 5.69 Å². The van der Waals surface area contributed by atoms with E-state index in [0.29, 0.717) is 30.0 Å². The predicted octanol–water partition coefficient (Wildman–Crippen LogP) is 2.14. The van der Waals surface area contributed by atoms with Crippen molar-refractivity contribution in [2.75, 3.05) is 19.0 Å². The number of hydrogen-bond donors (Lipinski definition) is 2. The molecule has 1 aromatic rings. The van der Waals surface area contributed by atoms with Crippen LogP contribution in [0.3, 0.4) is 0 Å². The minimum Gasteiger partial charge on any atom is -0.495 e. The number of allylic oxidation sites excluding steroid dienone is 1. The van der Waals surface area contributed by atoms with Crippen LogP contribution in [0.25, 0.3) is 0 Å². The summed E-state index contributed by atoms with van der Waals surface area (Å²) in [4.78, 5) is 2.70. The van der Waals surface area contributed by atoms with Gasteiger partial charge in [-0.05, 0) is 37.3 Å². The molecule has 1 unspecified atom stereocenters. The van der Waals surface area contributed by atoms with Gasteiger partial charge < -0.3 is 15.2 Å². The number of anilines is 1. The Morgan fingerprint density at radius 2 is 2.25 bits per heavy atom. The molecule has 5 fully saturated rings. The van der Waals surface area contributed by atoms with Crippen LogP contribution in [-0.4, -0.2) is 47.9 Å². The Balaban J connectivity index is 1.58. The molecule has 5 aliphatic heterocycles. The Morgan fingerprint density at radius 3 is 3.04 bits per heavy atom. The van der Waals surface area contributed by atoms with E-state index in [0.717, 1.165) is 24.4 Å². The number of fused-ring (bicyclic) bond motifs is 2. The first-order valence-corrected chi connectivity index (χ1v) is 9.23. The zero-order chi connectivity index (χ0) is 16.2. The van der Waals surface area contributed by atoms with Gasteiger partial charge in [-0.25, -0.2) is 0 Å². The van der Waals surface area contributed by atoms with Crippen molar-refractivity contribution in [1.29, 1.82) is 0 Å². The van der Waals surface area contributed by atoms with Gasteiger partial charge in [-0.3, -0.25) is 4.90 Å². The number of aliphatic hydroxyl groups excluding tert-OH is 1. The maximum Gasteiger partial charge on any atom is 0.142 e. The molecule has 5 bridgehead atoms. The first kappa shape index (κ1) is 13.7. The molecule has 1 aromatic carbocycles. The second kappa shape index (κ2) is 4.17. The first-order valence-electron chi connectivity index (χ1n) is 9.23. The molecule has 4 saturated heterocycles. The van der Waals surface area contributed by atoms with Gasteiger partial charge in [0.15, 0.2) is 0 Å². The van der Waals surface area contributed by atoms with Crippen LogP contribution in [-0.2, 0) is 5.41 Å². The van der Waals surface area contributed by atoms with Crippen molar-refractivity contribution >= 4 is 5.69 Å². The van der Waals surface area contributed by atoms with Gasteiger partial charge in [-0.2, -0.15) is 0 Å².